The summed E-state index contributed by atoms with van der Waals surface area (Å²) in [5, 5.41) is 0. The average Bonchev–Trinajstić information content (AvgIpc) is 1.46. The van der Waals surface area contributed by atoms with Crippen molar-refractivity contribution in [2.75, 3.05) is 52.4 Å². The van der Waals surface area contributed by atoms with Crippen molar-refractivity contribution in [1.82, 2.24) is 39.2 Å². The van der Waals surface area contributed by atoms with Gasteiger partial charge in [0.15, 0.2) is 0 Å². The molecule has 24 unspecified atom stereocenters. The molecule has 12 saturated heterocycles. The Labute approximate surface area is 891 Å². The number of fused-ring (bicyclic) bond motifs is 22. The molecule has 22 rings (SSSR count). The molecule has 0 aromatic carbocycles. The Morgan fingerprint density at radius 1 is 0.134 bits per heavy atom. The zero-order valence-electron chi connectivity index (χ0n) is 107. The fraction of sp³-hybridized carbons (Fsp3) is 1.00. The molecular weight excluding hydrogens is 1720 g/mol. The van der Waals surface area contributed by atoms with Gasteiger partial charge in [0.25, 0.3) is 0 Å². The van der Waals surface area contributed by atoms with Crippen molar-refractivity contribution in [3.63, 3.8) is 0 Å². The van der Waals surface area contributed by atoms with E-state index in [4.69, 9.17) is 0 Å². The van der Waals surface area contributed by atoms with Gasteiger partial charge in [-0.15, -0.1) is 0 Å². The SMILES string of the molecule is CC(C)(C)C1C2CCC1CN(C(C)(C)C)C2.CC(C)(C)C1CC2CC1CN2C(C)(C)C.CC(C)(C)C1CC2CC1CN2C(C)(C)C.CC(C)(C)C1CC2CCC(C1)C2C(C)(C)C.CC(C)(C)C1CC2CCC(C1)N2C(C)(C)C.CC(C)(C)C1CC2CCC1CC2C(C)(C)C.CC(C)(C)C1CC2CCC1CN2C(C)(C)C.CC(C)(C)C1CC2CCC1CN2C(C)(C)C.CC(C)(C)N1CC2CCC1CN2C(C)(C)C. The van der Waals surface area contributed by atoms with Crippen molar-refractivity contribution < 1.29 is 0 Å². The first-order valence-electron chi connectivity index (χ1n) is 61.9. The minimum atomic E-state index is 0.341. The second-order valence-electron chi connectivity index (χ2n) is 72.0. The summed E-state index contributed by atoms with van der Waals surface area (Å²) >= 11 is 0. The van der Waals surface area contributed by atoms with Crippen molar-refractivity contribution in [2.24, 2.45) is 173 Å². The molecule has 12 aliphatic heterocycles. The van der Waals surface area contributed by atoms with Crippen molar-refractivity contribution in [3.8, 4) is 0 Å². The molecule has 8 heteroatoms. The molecule has 0 aromatic heterocycles. The molecule has 0 radical (unpaired) electrons. The molecular formula is C134H258N8. The highest BCUT2D eigenvalue weighted by molar-refractivity contribution is 5.11. The van der Waals surface area contributed by atoms with E-state index in [9.17, 15) is 0 Å². The zero-order valence-corrected chi connectivity index (χ0v) is 107. The van der Waals surface area contributed by atoms with Crippen molar-refractivity contribution in [2.45, 2.75) is 633 Å². The second-order valence-corrected chi connectivity index (χ2v) is 72.0. The maximum Gasteiger partial charge on any atom is 0.0229 e. The van der Waals surface area contributed by atoms with Crippen LogP contribution in [0.25, 0.3) is 0 Å². The minimum Gasteiger partial charge on any atom is -0.298 e. The van der Waals surface area contributed by atoms with Gasteiger partial charge in [0.2, 0.25) is 0 Å². The van der Waals surface area contributed by atoms with E-state index in [2.05, 4.69) is 413 Å². The van der Waals surface area contributed by atoms with Crippen LogP contribution >= 0.6 is 0 Å². The molecule has 10 saturated carbocycles. The average molecular weight is 1980 g/mol. The summed E-state index contributed by atoms with van der Waals surface area (Å²) in [7, 11) is 0. The Hall–Kier alpha value is -0.320. The Bertz CT molecular complexity index is 3210. The standard InChI is InChI=1S/2C16H30.4C15H29N.C14H28N2.2C14H27N/c1-15(2,3)13-9-12-8-7-11(13)10-14(12)16(4,5)6;1-15(2,3)13-9-11-7-8-12(10-13)14(11)16(4,5)6;1-14(2,3)11-9-12-7-8-13(10-11)16(12)15(4,5)6;2*1-14(2,3)13-9-12-8-7-11(13)10-16(12)15(4,5)6;1-14(2,3)13-11-7-8-12(13)10-16(9-11)15(4,5)6;1-13(2,3)15-9-12-8-7-11(15)10-16(12)14(4,5)6;2*1-13(2,3)12-8-11-7-10(12)9-15(11)14(4,5)6/h2*11-14H,7-10H2,1-6H3;4*11-13H,7-10H2,1-6H3;11-12H,7-10H2,1-6H3;2*10-12H,7-9H2,1-6H3. The molecule has 0 amide bonds. The number of likely N-dealkylation sites (tertiary alicyclic amines) is 3. The molecule has 142 heavy (non-hydrogen) atoms. The smallest absolute Gasteiger partial charge is 0.0229 e. The van der Waals surface area contributed by atoms with Crippen LogP contribution in [0.2, 0.25) is 0 Å². The molecule has 834 valence electrons. The van der Waals surface area contributed by atoms with E-state index in [1.807, 2.05) is 0 Å². The highest BCUT2D eigenvalue weighted by atomic mass is 15.4. The van der Waals surface area contributed by atoms with Crippen LogP contribution in [0, 0.1) is 173 Å². The highest BCUT2D eigenvalue weighted by Gasteiger charge is 2.59. The van der Waals surface area contributed by atoms with Gasteiger partial charge in [0.05, 0.1) is 0 Å². The molecule has 0 spiro atoms. The summed E-state index contributed by atoms with van der Waals surface area (Å²) in [5.41, 5.74) is 8.10. The molecule has 10 aliphatic carbocycles. The summed E-state index contributed by atoms with van der Waals surface area (Å²) in [4.78, 5) is 22.0. The van der Waals surface area contributed by atoms with Crippen molar-refractivity contribution in [1.29, 1.82) is 0 Å². The maximum absolute atomic E-state index is 2.81. The summed E-state index contributed by atoms with van der Waals surface area (Å²) in [6.07, 6.45) is 38.0. The van der Waals surface area contributed by atoms with E-state index < -0.39 is 0 Å². The monoisotopic (exact) mass is 1980 g/mol. The molecule has 22 aliphatic rings. The van der Waals surface area contributed by atoms with E-state index in [0.717, 1.165) is 167 Å². The summed E-state index contributed by atoms with van der Waals surface area (Å²) in [6, 6.07) is 6.75. The van der Waals surface area contributed by atoms with Crippen molar-refractivity contribution in [3.05, 3.63) is 0 Å². The Kier molecular flexibility index (Phi) is 38.3. The molecule has 0 aromatic rings. The third-order valence-electron chi connectivity index (χ3n) is 43.1. The van der Waals surface area contributed by atoms with Gasteiger partial charge in [-0.3, -0.25) is 39.2 Å². The number of piperidine rings is 10. The van der Waals surface area contributed by atoms with Crippen LogP contribution in [0.15, 0.2) is 0 Å². The van der Waals surface area contributed by atoms with Crippen LogP contribution in [0.1, 0.15) is 541 Å². The summed E-state index contributed by atoms with van der Waals surface area (Å²) in [6.45, 7) is 140. The van der Waals surface area contributed by atoms with E-state index in [1.54, 1.807) is 0 Å². The summed E-state index contributed by atoms with van der Waals surface area (Å²) < 4.78 is 0. The lowest BCUT2D eigenvalue weighted by molar-refractivity contribution is -0.0946. The van der Waals surface area contributed by atoms with Crippen LogP contribution < -0.4 is 0 Å². The predicted octanol–water partition coefficient (Wildman–Crippen LogP) is 35.8. The molecule has 12 heterocycles. The lowest BCUT2D eigenvalue weighted by atomic mass is 9.50. The second kappa shape index (κ2) is 44.0. The number of rotatable bonds is 0. The largest absolute Gasteiger partial charge is 0.298 e. The topological polar surface area (TPSA) is 25.9 Å². The van der Waals surface area contributed by atoms with Crippen molar-refractivity contribution >= 4 is 0 Å². The van der Waals surface area contributed by atoms with Gasteiger partial charge in [-0.2, -0.15) is 0 Å². The van der Waals surface area contributed by atoms with Gasteiger partial charge < -0.3 is 0 Å². The van der Waals surface area contributed by atoms with E-state index in [1.165, 1.54) is 219 Å². The first-order valence-corrected chi connectivity index (χ1v) is 61.9. The maximum atomic E-state index is 2.81. The molecule has 18 bridgehead atoms. The Balaban J connectivity index is 0.000000164. The third kappa shape index (κ3) is 30.9. The Morgan fingerprint density at radius 3 is 0.577 bits per heavy atom. The van der Waals surface area contributed by atoms with Gasteiger partial charge in [-0.05, 0) is 506 Å². The zero-order chi connectivity index (χ0) is 108. The number of hydrogen-bond acceptors (Lipinski definition) is 8. The van der Waals surface area contributed by atoms with E-state index >= 15 is 0 Å². The van der Waals surface area contributed by atoms with E-state index in [0.29, 0.717) is 98.5 Å². The summed E-state index contributed by atoms with van der Waals surface area (Å²) in [5.74, 6) is 19.5. The quantitative estimate of drug-likeness (QED) is 0.237. The lowest BCUT2D eigenvalue weighted by Gasteiger charge is -2.59. The fourth-order valence-corrected chi connectivity index (χ4v) is 36.5. The van der Waals surface area contributed by atoms with Crippen LogP contribution in [-0.4, -0.2) is 184 Å². The van der Waals surface area contributed by atoms with Gasteiger partial charge in [-0.25, -0.2) is 0 Å². The molecule has 22 fully saturated rings. The first kappa shape index (κ1) is 123. The normalized spacial score (nSPS) is 37.3. The highest BCUT2D eigenvalue weighted by Crippen LogP contribution is 2.63. The Morgan fingerprint density at radius 2 is 0.352 bits per heavy atom. The molecule has 8 nitrogen and oxygen atoms in total. The molecule has 0 N–H and O–H groups in total. The fourth-order valence-electron chi connectivity index (χ4n) is 36.5. The van der Waals surface area contributed by atoms with Crippen LogP contribution in [0.5, 0.6) is 0 Å². The lowest BCUT2D eigenvalue weighted by Crippen LogP contribution is -2.69. The number of hydrogen-bond donors (Lipinski definition) is 0. The third-order valence-corrected chi connectivity index (χ3v) is 43.1. The van der Waals surface area contributed by atoms with E-state index in [-0.39, 0.29) is 0 Å². The van der Waals surface area contributed by atoms with Gasteiger partial charge in [0, 0.05) is 145 Å². The van der Waals surface area contributed by atoms with Crippen LogP contribution in [-0.2, 0) is 0 Å². The van der Waals surface area contributed by atoms with Crippen LogP contribution in [0.4, 0.5) is 0 Å². The number of piperazine rings is 1. The molecule has 24 atom stereocenters. The van der Waals surface area contributed by atoms with Crippen LogP contribution in [0.3, 0.4) is 0 Å². The van der Waals surface area contributed by atoms with Gasteiger partial charge in [-0.1, -0.05) is 208 Å². The van der Waals surface area contributed by atoms with Gasteiger partial charge in [0.1, 0.15) is 0 Å². The number of nitrogens with zero attached hydrogens (tertiary/aromatic N) is 8. The predicted molar refractivity (Wildman–Crippen MR) is 626 cm³/mol. The van der Waals surface area contributed by atoms with Gasteiger partial charge >= 0.3 is 0 Å². The minimum absolute atomic E-state index is 0.341. The first-order chi connectivity index (χ1) is 63.7.